The molecule has 0 radical (unpaired) electrons. The number of anilines is 3. The van der Waals surface area contributed by atoms with E-state index in [9.17, 15) is 0 Å². The molecule has 1 heteroatoms. The van der Waals surface area contributed by atoms with Crippen molar-refractivity contribution in [1.82, 2.24) is 0 Å². The average Bonchev–Trinajstić information content (AvgIpc) is 3.59. The summed E-state index contributed by atoms with van der Waals surface area (Å²) in [7, 11) is 0. The first kappa shape index (κ1) is 30.4. The summed E-state index contributed by atoms with van der Waals surface area (Å²) in [6, 6.07) is 61.5. The van der Waals surface area contributed by atoms with Gasteiger partial charge in [-0.2, -0.15) is 0 Å². The van der Waals surface area contributed by atoms with Crippen LogP contribution in [0.5, 0.6) is 0 Å². The minimum Gasteiger partial charge on any atom is -0.309 e. The topological polar surface area (TPSA) is 3.24 Å². The van der Waals surface area contributed by atoms with Crippen molar-refractivity contribution in [2.45, 2.75) is 38.5 Å². The first-order valence-electron chi connectivity index (χ1n) is 18.9. The van der Waals surface area contributed by atoms with Crippen LogP contribution in [-0.4, -0.2) is 0 Å². The Balaban J connectivity index is 1.31. The summed E-state index contributed by atoms with van der Waals surface area (Å²) in [5, 5.41) is 10.3. The van der Waals surface area contributed by atoms with E-state index in [0.29, 0.717) is 0 Å². The molecule has 53 heavy (non-hydrogen) atoms. The highest BCUT2D eigenvalue weighted by atomic mass is 15.1. The molecule has 0 aliphatic heterocycles. The third kappa shape index (κ3) is 4.03. The molecule has 2 aliphatic rings. The van der Waals surface area contributed by atoms with Crippen LogP contribution in [0.2, 0.25) is 0 Å². The number of benzene rings is 9. The molecule has 1 nitrogen and oxygen atoms in total. The number of hydrogen-bond acceptors (Lipinski definition) is 1. The van der Waals surface area contributed by atoms with Gasteiger partial charge in [-0.1, -0.05) is 167 Å². The van der Waals surface area contributed by atoms with Crippen molar-refractivity contribution in [3.8, 4) is 22.3 Å². The molecule has 0 saturated heterocycles. The summed E-state index contributed by atoms with van der Waals surface area (Å²) >= 11 is 0. The van der Waals surface area contributed by atoms with Crippen LogP contribution in [0.3, 0.4) is 0 Å². The molecule has 9 aromatic rings. The summed E-state index contributed by atoms with van der Waals surface area (Å²) in [4.78, 5) is 2.60. The van der Waals surface area contributed by atoms with Gasteiger partial charge in [-0.3, -0.25) is 0 Å². The lowest BCUT2D eigenvalue weighted by Crippen LogP contribution is -2.17. The molecule has 0 fully saturated rings. The Kier molecular flexibility index (Phi) is 6.14. The number of fused-ring (bicyclic) bond motifs is 14. The predicted molar refractivity (Wildman–Crippen MR) is 226 cm³/mol. The maximum Gasteiger partial charge on any atom is 0.0549 e. The van der Waals surface area contributed by atoms with Gasteiger partial charge in [0.1, 0.15) is 0 Å². The minimum atomic E-state index is -0.168. The smallest absolute Gasteiger partial charge is 0.0549 e. The summed E-state index contributed by atoms with van der Waals surface area (Å²) in [6.07, 6.45) is 0. The molecule has 0 atom stereocenters. The summed E-state index contributed by atoms with van der Waals surface area (Å²) in [5.41, 5.74) is 14.1. The third-order valence-electron chi connectivity index (χ3n) is 12.6. The second kappa shape index (κ2) is 10.7. The molecular weight excluding hydrogens is 639 g/mol. The standard InChI is InChI=1S/C52H39N/c1-51(2)43-24-13-11-22-40(43)48-45(51)26-15-27-46(48)53(33-28-29-39-37-20-8-7-18-35(37)36-19-9-10-21-38(36)42(39)31-33)47-30-32-16-5-6-17-34(32)50-49(47)41-23-12-14-25-44(41)52(50,3)4/h5-31H,1-4H3. The van der Waals surface area contributed by atoms with Crippen LogP contribution < -0.4 is 4.90 Å². The van der Waals surface area contributed by atoms with E-state index in [1.807, 2.05) is 0 Å². The second-order valence-electron chi connectivity index (χ2n) is 16.1. The van der Waals surface area contributed by atoms with Crippen molar-refractivity contribution < 1.29 is 0 Å². The van der Waals surface area contributed by atoms with E-state index in [1.165, 1.54) is 99.0 Å². The van der Waals surface area contributed by atoms with E-state index in [-0.39, 0.29) is 10.8 Å². The fourth-order valence-corrected chi connectivity index (χ4v) is 10.2. The summed E-state index contributed by atoms with van der Waals surface area (Å²) in [5.74, 6) is 0. The van der Waals surface area contributed by atoms with Gasteiger partial charge in [0.25, 0.3) is 0 Å². The minimum absolute atomic E-state index is 0.119. The van der Waals surface area contributed by atoms with Gasteiger partial charge in [0, 0.05) is 27.6 Å². The third-order valence-corrected chi connectivity index (χ3v) is 12.6. The molecule has 0 N–H and O–H groups in total. The Hall–Kier alpha value is -6.18. The van der Waals surface area contributed by atoms with Crippen molar-refractivity contribution in [2.24, 2.45) is 0 Å². The van der Waals surface area contributed by atoms with Gasteiger partial charge in [0.2, 0.25) is 0 Å². The normalized spacial score (nSPS) is 14.7. The van der Waals surface area contributed by atoms with Crippen LogP contribution in [0.15, 0.2) is 164 Å². The Morgan fingerprint density at radius 1 is 0.358 bits per heavy atom. The van der Waals surface area contributed by atoms with Crippen molar-refractivity contribution in [3.63, 3.8) is 0 Å². The second-order valence-corrected chi connectivity index (χ2v) is 16.1. The van der Waals surface area contributed by atoms with Gasteiger partial charge in [0.15, 0.2) is 0 Å². The predicted octanol–water partition coefficient (Wildman–Crippen LogP) is 14.4. The maximum atomic E-state index is 2.60. The lowest BCUT2D eigenvalue weighted by Gasteiger charge is -2.32. The van der Waals surface area contributed by atoms with Crippen LogP contribution in [0.4, 0.5) is 17.1 Å². The van der Waals surface area contributed by atoms with E-state index in [1.54, 1.807) is 0 Å². The Bertz CT molecular complexity index is 2980. The fraction of sp³-hybridized carbons (Fsp3) is 0.115. The zero-order chi connectivity index (χ0) is 35.6. The number of hydrogen-bond donors (Lipinski definition) is 0. The Labute approximate surface area is 310 Å². The molecule has 0 saturated carbocycles. The molecule has 0 unspecified atom stereocenters. The van der Waals surface area contributed by atoms with E-state index in [2.05, 4.69) is 196 Å². The van der Waals surface area contributed by atoms with Gasteiger partial charge >= 0.3 is 0 Å². The molecule has 0 aromatic heterocycles. The molecule has 252 valence electrons. The summed E-state index contributed by atoms with van der Waals surface area (Å²) in [6.45, 7) is 9.58. The zero-order valence-corrected chi connectivity index (χ0v) is 30.5. The van der Waals surface area contributed by atoms with Gasteiger partial charge in [-0.05, 0) is 101 Å². The highest BCUT2D eigenvalue weighted by Crippen LogP contribution is 2.59. The van der Waals surface area contributed by atoms with Crippen LogP contribution in [0.1, 0.15) is 49.9 Å². The quantitative estimate of drug-likeness (QED) is 0.168. The van der Waals surface area contributed by atoms with Crippen LogP contribution in [0, 0.1) is 0 Å². The van der Waals surface area contributed by atoms with Crippen molar-refractivity contribution in [1.29, 1.82) is 0 Å². The lowest BCUT2D eigenvalue weighted by atomic mass is 9.80. The average molecular weight is 678 g/mol. The Morgan fingerprint density at radius 2 is 0.868 bits per heavy atom. The van der Waals surface area contributed by atoms with Crippen molar-refractivity contribution in [3.05, 3.63) is 186 Å². The van der Waals surface area contributed by atoms with Crippen LogP contribution >= 0.6 is 0 Å². The molecule has 9 aromatic carbocycles. The van der Waals surface area contributed by atoms with E-state index in [4.69, 9.17) is 0 Å². The SMILES string of the molecule is CC1(C)c2ccccc2-c2c(N(c3ccc4c5ccccc5c5ccccc5c4c3)c3cc4ccccc4c4c3-c3ccccc3C4(C)C)cccc21. The number of nitrogens with zero attached hydrogens (tertiary/aromatic N) is 1. The molecule has 0 bridgehead atoms. The zero-order valence-electron chi connectivity index (χ0n) is 30.5. The molecule has 0 heterocycles. The summed E-state index contributed by atoms with van der Waals surface area (Å²) < 4.78 is 0. The first-order valence-corrected chi connectivity index (χ1v) is 18.9. The number of rotatable bonds is 3. The molecule has 0 amide bonds. The van der Waals surface area contributed by atoms with E-state index >= 15 is 0 Å². The highest BCUT2D eigenvalue weighted by Gasteiger charge is 2.41. The fourth-order valence-electron chi connectivity index (χ4n) is 10.2. The molecular formula is C52H39N. The lowest BCUT2D eigenvalue weighted by molar-refractivity contribution is 0.660. The van der Waals surface area contributed by atoms with Gasteiger partial charge in [-0.25, -0.2) is 0 Å². The van der Waals surface area contributed by atoms with Gasteiger partial charge < -0.3 is 4.90 Å². The van der Waals surface area contributed by atoms with E-state index < -0.39 is 0 Å². The van der Waals surface area contributed by atoms with Crippen LogP contribution in [0.25, 0.3) is 65.3 Å². The van der Waals surface area contributed by atoms with E-state index in [0.717, 1.165) is 5.69 Å². The largest absolute Gasteiger partial charge is 0.309 e. The highest BCUT2D eigenvalue weighted by molar-refractivity contribution is 6.26. The van der Waals surface area contributed by atoms with Crippen molar-refractivity contribution >= 4 is 60.2 Å². The monoisotopic (exact) mass is 677 g/mol. The first-order chi connectivity index (χ1) is 25.8. The van der Waals surface area contributed by atoms with Gasteiger partial charge in [0.05, 0.1) is 11.4 Å². The van der Waals surface area contributed by atoms with Gasteiger partial charge in [-0.15, -0.1) is 0 Å². The van der Waals surface area contributed by atoms with Crippen molar-refractivity contribution in [2.75, 3.05) is 4.90 Å². The van der Waals surface area contributed by atoms with Crippen LogP contribution in [-0.2, 0) is 10.8 Å². The maximum absolute atomic E-state index is 2.60. The Morgan fingerprint density at radius 3 is 1.55 bits per heavy atom. The molecule has 2 aliphatic carbocycles. The molecule has 0 spiro atoms. The molecule has 11 rings (SSSR count).